The minimum atomic E-state index is -0.565. The Hall–Kier alpha value is -2.81. The molecular formula is C24H27NO2. The van der Waals surface area contributed by atoms with Gasteiger partial charge in [0.25, 0.3) is 5.91 Å². The van der Waals surface area contributed by atoms with E-state index in [2.05, 4.69) is 37.4 Å². The molecule has 27 heavy (non-hydrogen) atoms. The van der Waals surface area contributed by atoms with Crippen LogP contribution < -0.4 is 10.1 Å². The van der Waals surface area contributed by atoms with Crippen LogP contribution in [0, 0.1) is 5.92 Å². The molecule has 0 aromatic heterocycles. The Balaban J connectivity index is 1.69. The lowest BCUT2D eigenvalue weighted by molar-refractivity contribution is -0.128. The molecule has 3 heteroatoms. The Morgan fingerprint density at radius 1 is 0.889 bits per heavy atom. The molecule has 3 nitrogen and oxygen atoms in total. The quantitative estimate of drug-likeness (QED) is 0.602. The van der Waals surface area contributed by atoms with Crippen molar-refractivity contribution < 1.29 is 9.53 Å². The summed E-state index contributed by atoms with van der Waals surface area (Å²) in [6.45, 7) is 6.12. The van der Waals surface area contributed by atoms with Crippen molar-refractivity contribution in [1.29, 1.82) is 0 Å². The maximum absolute atomic E-state index is 12.7. The van der Waals surface area contributed by atoms with E-state index in [1.165, 1.54) is 0 Å². The highest BCUT2D eigenvalue weighted by molar-refractivity contribution is 5.84. The first-order chi connectivity index (χ1) is 13.0. The van der Waals surface area contributed by atoms with Crippen LogP contribution in [-0.2, 0) is 4.79 Å². The predicted molar refractivity (Wildman–Crippen MR) is 111 cm³/mol. The molecule has 2 atom stereocenters. The zero-order valence-corrected chi connectivity index (χ0v) is 16.2. The first-order valence-electron chi connectivity index (χ1n) is 9.53. The van der Waals surface area contributed by atoms with Crippen LogP contribution in [0.1, 0.15) is 38.8 Å². The third kappa shape index (κ3) is 5.10. The largest absolute Gasteiger partial charge is 0.481 e. The molecule has 0 unspecified atom stereocenters. The molecule has 0 saturated carbocycles. The maximum Gasteiger partial charge on any atom is 0.261 e. The lowest BCUT2D eigenvalue weighted by Gasteiger charge is -2.23. The topological polar surface area (TPSA) is 38.3 Å². The van der Waals surface area contributed by atoms with Gasteiger partial charge in [-0.05, 0) is 47.7 Å². The van der Waals surface area contributed by atoms with Gasteiger partial charge in [0, 0.05) is 0 Å². The molecule has 0 fully saturated rings. The second-order valence-electron chi connectivity index (χ2n) is 7.37. The third-order valence-corrected chi connectivity index (χ3v) is 4.63. The molecule has 0 bridgehead atoms. The van der Waals surface area contributed by atoms with Gasteiger partial charge in [-0.1, -0.05) is 74.5 Å². The first-order valence-corrected chi connectivity index (χ1v) is 9.53. The number of rotatable bonds is 7. The summed E-state index contributed by atoms with van der Waals surface area (Å²) in [5.74, 6) is 1.08. The monoisotopic (exact) mass is 361 g/mol. The van der Waals surface area contributed by atoms with E-state index >= 15 is 0 Å². The van der Waals surface area contributed by atoms with Crippen molar-refractivity contribution in [3.8, 4) is 5.75 Å². The van der Waals surface area contributed by atoms with E-state index in [0.29, 0.717) is 11.7 Å². The van der Waals surface area contributed by atoms with Crippen molar-refractivity contribution in [1.82, 2.24) is 5.32 Å². The minimum absolute atomic E-state index is 0.0126. The van der Waals surface area contributed by atoms with Gasteiger partial charge < -0.3 is 10.1 Å². The van der Waals surface area contributed by atoms with Crippen LogP contribution in [0.25, 0.3) is 10.8 Å². The van der Waals surface area contributed by atoms with Crippen molar-refractivity contribution in [3.05, 3.63) is 78.4 Å². The Kier molecular flexibility index (Phi) is 6.12. The number of fused-ring (bicyclic) bond motifs is 1. The summed E-state index contributed by atoms with van der Waals surface area (Å²) in [7, 11) is 0. The number of carbonyl (C=O) groups is 1. The fourth-order valence-electron chi connectivity index (χ4n) is 3.22. The van der Waals surface area contributed by atoms with Gasteiger partial charge in [-0.2, -0.15) is 0 Å². The SMILES string of the molecule is CC(C)C[C@H](NC(=O)[C@@H](C)Oc1ccc2ccccc2c1)c1ccccc1. The summed E-state index contributed by atoms with van der Waals surface area (Å²) in [5, 5.41) is 5.41. The molecule has 0 spiro atoms. The second kappa shape index (κ2) is 8.72. The number of amides is 1. The molecule has 0 heterocycles. The molecule has 140 valence electrons. The highest BCUT2D eigenvalue weighted by Gasteiger charge is 2.21. The number of hydrogen-bond donors (Lipinski definition) is 1. The van der Waals surface area contributed by atoms with Gasteiger partial charge in [-0.15, -0.1) is 0 Å². The van der Waals surface area contributed by atoms with E-state index in [1.807, 2.05) is 54.6 Å². The smallest absolute Gasteiger partial charge is 0.261 e. The molecule has 1 amide bonds. The van der Waals surface area contributed by atoms with Crippen molar-refractivity contribution >= 4 is 16.7 Å². The molecule has 0 aliphatic rings. The molecule has 0 aliphatic heterocycles. The van der Waals surface area contributed by atoms with Crippen LogP contribution in [0.4, 0.5) is 0 Å². The number of ether oxygens (including phenoxy) is 1. The fourth-order valence-corrected chi connectivity index (χ4v) is 3.22. The summed E-state index contributed by atoms with van der Waals surface area (Å²) in [4.78, 5) is 12.7. The molecule has 0 saturated heterocycles. The second-order valence-corrected chi connectivity index (χ2v) is 7.37. The van der Waals surface area contributed by atoms with E-state index in [-0.39, 0.29) is 11.9 Å². The Morgan fingerprint density at radius 2 is 1.56 bits per heavy atom. The highest BCUT2D eigenvalue weighted by Crippen LogP contribution is 2.23. The summed E-state index contributed by atoms with van der Waals surface area (Å²) < 4.78 is 5.91. The van der Waals surface area contributed by atoms with Gasteiger partial charge in [0.05, 0.1) is 6.04 Å². The summed E-state index contributed by atoms with van der Waals surface area (Å²) in [6, 6.07) is 24.1. The van der Waals surface area contributed by atoms with E-state index in [1.54, 1.807) is 6.92 Å². The molecule has 3 aromatic carbocycles. The van der Waals surface area contributed by atoms with Gasteiger partial charge in [0.1, 0.15) is 5.75 Å². The fraction of sp³-hybridized carbons (Fsp3) is 0.292. The summed E-state index contributed by atoms with van der Waals surface area (Å²) in [5.41, 5.74) is 1.12. The van der Waals surface area contributed by atoms with Crippen LogP contribution in [-0.4, -0.2) is 12.0 Å². The molecule has 3 aromatic rings. The van der Waals surface area contributed by atoms with Gasteiger partial charge >= 0.3 is 0 Å². The lowest BCUT2D eigenvalue weighted by Crippen LogP contribution is -2.39. The molecular weight excluding hydrogens is 334 g/mol. The number of hydrogen-bond acceptors (Lipinski definition) is 2. The highest BCUT2D eigenvalue weighted by atomic mass is 16.5. The molecule has 0 radical (unpaired) electrons. The Bertz CT molecular complexity index is 889. The van der Waals surface area contributed by atoms with E-state index in [4.69, 9.17) is 4.74 Å². The Labute approximate surface area is 161 Å². The van der Waals surface area contributed by atoms with Crippen molar-refractivity contribution in [2.75, 3.05) is 0 Å². The average molecular weight is 361 g/mol. The normalized spacial score (nSPS) is 13.3. The van der Waals surface area contributed by atoms with E-state index in [0.717, 1.165) is 22.8 Å². The lowest BCUT2D eigenvalue weighted by atomic mass is 9.97. The number of nitrogens with one attached hydrogen (secondary N) is 1. The zero-order chi connectivity index (χ0) is 19.2. The maximum atomic E-state index is 12.7. The Morgan fingerprint density at radius 3 is 2.26 bits per heavy atom. The summed E-state index contributed by atoms with van der Waals surface area (Å²) in [6.07, 6.45) is 0.322. The minimum Gasteiger partial charge on any atom is -0.481 e. The van der Waals surface area contributed by atoms with Gasteiger partial charge in [0.2, 0.25) is 0 Å². The van der Waals surface area contributed by atoms with E-state index in [9.17, 15) is 4.79 Å². The molecule has 0 aliphatic carbocycles. The zero-order valence-electron chi connectivity index (χ0n) is 16.2. The number of carbonyl (C=O) groups excluding carboxylic acids is 1. The first kappa shape index (κ1) is 19.0. The van der Waals surface area contributed by atoms with Gasteiger partial charge in [-0.25, -0.2) is 0 Å². The molecule has 3 rings (SSSR count). The van der Waals surface area contributed by atoms with Crippen LogP contribution in [0.15, 0.2) is 72.8 Å². The van der Waals surface area contributed by atoms with Crippen molar-refractivity contribution in [2.24, 2.45) is 5.92 Å². The van der Waals surface area contributed by atoms with Crippen LogP contribution in [0.5, 0.6) is 5.75 Å². The van der Waals surface area contributed by atoms with Crippen LogP contribution in [0.2, 0.25) is 0 Å². The molecule has 1 N–H and O–H groups in total. The van der Waals surface area contributed by atoms with Gasteiger partial charge in [0.15, 0.2) is 6.10 Å². The number of benzene rings is 3. The van der Waals surface area contributed by atoms with Gasteiger partial charge in [-0.3, -0.25) is 4.79 Å². The average Bonchev–Trinajstić information content (AvgIpc) is 2.67. The van der Waals surface area contributed by atoms with Crippen LogP contribution in [0.3, 0.4) is 0 Å². The summed E-state index contributed by atoms with van der Waals surface area (Å²) >= 11 is 0. The van der Waals surface area contributed by atoms with E-state index < -0.39 is 6.10 Å². The van der Waals surface area contributed by atoms with Crippen molar-refractivity contribution in [2.45, 2.75) is 39.3 Å². The van der Waals surface area contributed by atoms with Crippen LogP contribution >= 0.6 is 0 Å². The standard InChI is InChI=1S/C24H27NO2/c1-17(2)15-23(20-10-5-4-6-11-20)25-24(26)18(3)27-22-14-13-19-9-7-8-12-21(19)16-22/h4-14,16-18,23H,15H2,1-3H3,(H,25,26)/t18-,23+/m1/s1. The third-order valence-electron chi connectivity index (χ3n) is 4.63. The van der Waals surface area contributed by atoms with Crippen molar-refractivity contribution in [3.63, 3.8) is 0 Å². The predicted octanol–water partition coefficient (Wildman–Crippen LogP) is 5.51.